The molecule has 2 heterocycles. The molecule has 2 aliphatic heterocycles. The van der Waals surface area contributed by atoms with E-state index in [1.165, 1.54) is 12.8 Å². The van der Waals surface area contributed by atoms with Gasteiger partial charge in [-0.1, -0.05) is 0 Å². The summed E-state index contributed by atoms with van der Waals surface area (Å²) in [7, 11) is 0. The van der Waals surface area contributed by atoms with Crippen LogP contribution in [0.4, 0.5) is 0 Å². The van der Waals surface area contributed by atoms with Crippen LogP contribution >= 0.6 is 11.8 Å². The average molecular weight is 200 g/mol. The number of rotatable bonds is 1. The minimum absolute atomic E-state index is 0.0665. The highest BCUT2D eigenvalue weighted by Crippen LogP contribution is 2.17. The van der Waals surface area contributed by atoms with Crippen LogP contribution in [0.15, 0.2) is 0 Å². The summed E-state index contributed by atoms with van der Waals surface area (Å²) in [5.74, 6) is 2.77. The van der Waals surface area contributed by atoms with Gasteiger partial charge in [-0.15, -0.1) is 0 Å². The van der Waals surface area contributed by atoms with E-state index in [0.29, 0.717) is 5.84 Å². The molecule has 74 valence electrons. The quantitative estimate of drug-likeness (QED) is 0.510. The molecule has 0 aliphatic carbocycles. The van der Waals surface area contributed by atoms with Crippen molar-refractivity contribution >= 4 is 17.6 Å². The lowest BCUT2D eigenvalue weighted by Crippen LogP contribution is -2.41. The smallest absolute Gasteiger partial charge is 0.126 e. The largest absolute Gasteiger partial charge is 0.369 e. The van der Waals surface area contributed by atoms with Gasteiger partial charge in [0, 0.05) is 24.6 Å². The van der Waals surface area contributed by atoms with E-state index < -0.39 is 0 Å². The second-order valence-corrected chi connectivity index (χ2v) is 4.66. The predicted octanol–water partition coefficient (Wildman–Crippen LogP) is 1.19. The number of hydrogen-bond acceptors (Lipinski definition) is 3. The fourth-order valence-corrected chi connectivity index (χ4v) is 2.66. The maximum Gasteiger partial charge on any atom is 0.126 e. The fraction of sp³-hybridized carbons (Fsp3) is 0.889. The van der Waals surface area contributed by atoms with Crippen LogP contribution in [0, 0.1) is 5.41 Å². The summed E-state index contributed by atoms with van der Waals surface area (Å²) in [6.45, 7) is 2.93. The van der Waals surface area contributed by atoms with Crippen molar-refractivity contribution in [1.29, 1.82) is 5.41 Å². The summed E-state index contributed by atoms with van der Waals surface area (Å²) in [6.07, 6.45) is 2.54. The van der Waals surface area contributed by atoms with Gasteiger partial charge in [0.2, 0.25) is 0 Å². The van der Waals surface area contributed by atoms with Gasteiger partial charge in [0.05, 0.1) is 6.61 Å². The second kappa shape index (κ2) is 4.33. The Balaban J connectivity index is 1.87. The van der Waals surface area contributed by atoms with E-state index in [-0.39, 0.29) is 6.10 Å². The number of nitrogens with zero attached hydrogens (tertiary/aromatic N) is 1. The molecule has 13 heavy (non-hydrogen) atoms. The third-order valence-electron chi connectivity index (χ3n) is 2.57. The van der Waals surface area contributed by atoms with Gasteiger partial charge in [-0.05, 0) is 12.8 Å². The van der Waals surface area contributed by atoms with Gasteiger partial charge in [-0.2, -0.15) is 11.8 Å². The minimum Gasteiger partial charge on any atom is -0.369 e. The zero-order valence-electron chi connectivity index (χ0n) is 7.79. The molecule has 0 saturated carbocycles. The number of thioether (sulfide) groups is 1. The molecular weight excluding hydrogens is 184 g/mol. The van der Waals surface area contributed by atoms with Crippen LogP contribution in [-0.4, -0.2) is 48.0 Å². The summed E-state index contributed by atoms with van der Waals surface area (Å²) in [6, 6.07) is 0. The van der Waals surface area contributed by atoms with Crippen molar-refractivity contribution in [2.24, 2.45) is 0 Å². The third-order valence-corrected chi connectivity index (χ3v) is 3.56. The van der Waals surface area contributed by atoms with E-state index in [1.807, 2.05) is 11.8 Å². The molecule has 0 radical (unpaired) electrons. The van der Waals surface area contributed by atoms with Crippen molar-refractivity contribution in [3.8, 4) is 0 Å². The highest BCUT2D eigenvalue weighted by Gasteiger charge is 2.25. The van der Waals surface area contributed by atoms with Crippen LogP contribution < -0.4 is 0 Å². The minimum atomic E-state index is 0.0665. The molecule has 2 fully saturated rings. The Bertz CT molecular complexity index is 186. The Morgan fingerprint density at radius 1 is 1.38 bits per heavy atom. The first-order chi connectivity index (χ1) is 6.38. The molecule has 0 aromatic carbocycles. The maximum atomic E-state index is 7.97. The van der Waals surface area contributed by atoms with Gasteiger partial charge in [0.1, 0.15) is 11.9 Å². The average Bonchev–Trinajstić information content (AvgIpc) is 2.71. The summed E-state index contributed by atoms with van der Waals surface area (Å²) >= 11 is 1.90. The number of ether oxygens (including phenoxy) is 1. The summed E-state index contributed by atoms with van der Waals surface area (Å²) in [4.78, 5) is 2.16. The number of nitrogens with one attached hydrogen (secondary N) is 1. The molecule has 3 nitrogen and oxygen atoms in total. The molecule has 0 bridgehead atoms. The lowest BCUT2D eigenvalue weighted by Gasteiger charge is -2.28. The Morgan fingerprint density at radius 3 is 2.77 bits per heavy atom. The summed E-state index contributed by atoms with van der Waals surface area (Å²) < 4.78 is 5.57. The molecule has 2 rings (SSSR count). The lowest BCUT2D eigenvalue weighted by molar-refractivity contribution is 0.112. The molecule has 4 heteroatoms. The Hall–Kier alpha value is -0.220. The van der Waals surface area contributed by atoms with Crippen LogP contribution in [-0.2, 0) is 4.74 Å². The Morgan fingerprint density at radius 2 is 2.15 bits per heavy atom. The van der Waals surface area contributed by atoms with E-state index in [4.69, 9.17) is 10.1 Å². The van der Waals surface area contributed by atoms with Gasteiger partial charge in [-0.25, -0.2) is 0 Å². The maximum absolute atomic E-state index is 7.97. The third kappa shape index (κ3) is 2.17. The van der Waals surface area contributed by atoms with Crippen LogP contribution in [0.2, 0.25) is 0 Å². The first-order valence-corrected chi connectivity index (χ1v) is 6.06. The first kappa shape index (κ1) is 9.34. The molecule has 0 spiro atoms. The van der Waals surface area contributed by atoms with E-state index in [2.05, 4.69) is 4.90 Å². The molecular formula is C9H16N2OS. The monoisotopic (exact) mass is 200 g/mol. The molecule has 0 aromatic rings. The van der Waals surface area contributed by atoms with Crippen LogP contribution in [0.1, 0.15) is 12.8 Å². The van der Waals surface area contributed by atoms with E-state index in [1.54, 1.807) is 0 Å². The summed E-state index contributed by atoms with van der Waals surface area (Å²) in [5, 5.41) is 7.97. The molecule has 2 aliphatic rings. The van der Waals surface area contributed by atoms with Crippen LogP contribution in [0.5, 0.6) is 0 Å². The van der Waals surface area contributed by atoms with Crippen LogP contribution in [0.25, 0.3) is 0 Å². The molecule has 1 unspecified atom stereocenters. The Kier molecular flexibility index (Phi) is 3.11. The number of likely N-dealkylation sites (tertiary alicyclic amines) is 1. The Labute approximate surface area is 83.3 Å². The van der Waals surface area contributed by atoms with Crippen molar-refractivity contribution < 1.29 is 4.74 Å². The highest BCUT2D eigenvalue weighted by atomic mass is 32.2. The second-order valence-electron chi connectivity index (χ2n) is 3.51. The van der Waals surface area contributed by atoms with Crippen molar-refractivity contribution in [3.63, 3.8) is 0 Å². The van der Waals surface area contributed by atoms with Crippen molar-refractivity contribution in [3.05, 3.63) is 0 Å². The molecule has 0 aromatic heterocycles. The van der Waals surface area contributed by atoms with Crippen LogP contribution in [0.3, 0.4) is 0 Å². The fourth-order valence-electron chi connectivity index (χ4n) is 1.81. The number of hydrogen-bond donors (Lipinski definition) is 1. The zero-order chi connectivity index (χ0) is 9.10. The topological polar surface area (TPSA) is 36.3 Å². The van der Waals surface area contributed by atoms with Crippen molar-refractivity contribution in [2.45, 2.75) is 18.9 Å². The SMILES string of the molecule is N=C(C1CSCCO1)N1CCCC1. The summed E-state index contributed by atoms with van der Waals surface area (Å²) in [5.41, 5.74) is 0. The van der Waals surface area contributed by atoms with Gasteiger partial charge in [0.15, 0.2) is 0 Å². The van der Waals surface area contributed by atoms with E-state index in [9.17, 15) is 0 Å². The molecule has 0 amide bonds. The first-order valence-electron chi connectivity index (χ1n) is 4.90. The normalized spacial score (nSPS) is 29.2. The highest BCUT2D eigenvalue weighted by molar-refractivity contribution is 7.99. The number of amidine groups is 1. The molecule has 1 atom stereocenters. The van der Waals surface area contributed by atoms with E-state index >= 15 is 0 Å². The van der Waals surface area contributed by atoms with Gasteiger partial charge < -0.3 is 9.64 Å². The van der Waals surface area contributed by atoms with Gasteiger partial charge in [-0.3, -0.25) is 5.41 Å². The lowest BCUT2D eigenvalue weighted by atomic mass is 10.3. The van der Waals surface area contributed by atoms with E-state index in [0.717, 1.165) is 31.2 Å². The zero-order valence-corrected chi connectivity index (χ0v) is 8.61. The molecule has 1 N–H and O–H groups in total. The predicted molar refractivity (Wildman–Crippen MR) is 55.6 cm³/mol. The van der Waals surface area contributed by atoms with Gasteiger partial charge in [0.25, 0.3) is 0 Å². The van der Waals surface area contributed by atoms with Crippen molar-refractivity contribution in [1.82, 2.24) is 4.90 Å². The molecule has 2 saturated heterocycles. The standard InChI is InChI=1S/C9H16N2OS/c10-9(11-3-1-2-4-11)8-7-13-6-5-12-8/h8,10H,1-7H2. The van der Waals surface area contributed by atoms with Gasteiger partial charge >= 0.3 is 0 Å². The van der Waals surface area contributed by atoms with Crippen molar-refractivity contribution in [2.75, 3.05) is 31.2 Å².